The number of piperidine rings is 1. The molecule has 6 heteroatoms. The first-order valence-electron chi connectivity index (χ1n) is 7.01. The van der Waals surface area contributed by atoms with Gasteiger partial charge in [-0.2, -0.15) is 0 Å². The zero-order chi connectivity index (χ0) is 15.0. The predicted octanol–water partition coefficient (Wildman–Crippen LogP) is 2.03. The summed E-state index contributed by atoms with van der Waals surface area (Å²) in [7, 11) is 0. The summed E-state index contributed by atoms with van der Waals surface area (Å²) in [5.41, 5.74) is 0.917. The second-order valence-electron chi connectivity index (χ2n) is 5.63. The molecule has 0 aliphatic carbocycles. The minimum Gasteiger partial charge on any atom is -0.480 e. The number of hydrogen-bond donors (Lipinski definition) is 2. The SMILES string of the molecule is CC1(C(=O)O)CCCCN1C(=O)c1ccc2nc[nH]c2c1. The topological polar surface area (TPSA) is 86.3 Å². The fourth-order valence-electron chi connectivity index (χ4n) is 2.89. The Labute approximate surface area is 121 Å². The maximum absolute atomic E-state index is 12.7. The number of carboxylic acid groups (broad SMARTS) is 1. The maximum Gasteiger partial charge on any atom is 0.329 e. The first-order chi connectivity index (χ1) is 10.0. The number of carbonyl (C=O) groups is 2. The van der Waals surface area contributed by atoms with Crippen molar-refractivity contribution in [3.63, 3.8) is 0 Å². The summed E-state index contributed by atoms with van der Waals surface area (Å²) >= 11 is 0. The molecule has 3 rings (SSSR count). The number of nitrogens with zero attached hydrogens (tertiary/aromatic N) is 2. The van der Waals surface area contributed by atoms with Crippen LogP contribution in [0.4, 0.5) is 0 Å². The molecule has 21 heavy (non-hydrogen) atoms. The van der Waals surface area contributed by atoms with Crippen molar-refractivity contribution in [2.45, 2.75) is 31.7 Å². The van der Waals surface area contributed by atoms with Crippen LogP contribution in [0.5, 0.6) is 0 Å². The smallest absolute Gasteiger partial charge is 0.329 e. The maximum atomic E-state index is 12.7. The number of carboxylic acids is 1. The molecule has 2 heterocycles. The van der Waals surface area contributed by atoms with Crippen LogP contribution in [0, 0.1) is 0 Å². The fraction of sp³-hybridized carbons (Fsp3) is 0.400. The summed E-state index contributed by atoms with van der Waals surface area (Å²) in [6, 6.07) is 5.19. The number of fused-ring (bicyclic) bond motifs is 1. The van der Waals surface area contributed by atoms with Crippen LogP contribution < -0.4 is 0 Å². The van der Waals surface area contributed by atoms with Gasteiger partial charge in [-0.3, -0.25) is 4.79 Å². The molecule has 1 aliphatic rings. The number of carbonyl (C=O) groups excluding carboxylic acids is 1. The molecule has 2 aromatic rings. The van der Waals surface area contributed by atoms with Crippen LogP contribution in [0.3, 0.4) is 0 Å². The molecule has 1 unspecified atom stereocenters. The normalized spacial score (nSPS) is 22.4. The molecular weight excluding hydrogens is 270 g/mol. The van der Waals surface area contributed by atoms with Gasteiger partial charge in [0.25, 0.3) is 5.91 Å². The number of aliphatic carboxylic acids is 1. The van der Waals surface area contributed by atoms with Crippen molar-refractivity contribution in [2.75, 3.05) is 6.54 Å². The number of hydrogen-bond acceptors (Lipinski definition) is 3. The van der Waals surface area contributed by atoms with E-state index in [0.717, 1.165) is 23.9 Å². The average Bonchev–Trinajstić information content (AvgIpc) is 2.94. The van der Waals surface area contributed by atoms with Gasteiger partial charge in [0.15, 0.2) is 0 Å². The van der Waals surface area contributed by atoms with Crippen LogP contribution in [0.1, 0.15) is 36.5 Å². The largest absolute Gasteiger partial charge is 0.480 e. The van der Waals surface area contributed by atoms with Crippen LogP contribution in [0.2, 0.25) is 0 Å². The van der Waals surface area contributed by atoms with Crippen LogP contribution in [-0.2, 0) is 4.79 Å². The zero-order valence-electron chi connectivity index (χ0n) is 11.8. The molecule has 2 N–H and O–H groups in total. The molecule has 1 fully saturated rings. The highest BCUT2D eigenvalue weighted by atomic mass is 16.4. The Morgan fingerprint density at radius 1 is 1.38 bits per heavy atom. The number of imidazole rings is 1. The lowest BCUT2D eigenvalue weighted by molar-refractivity contribution is -0.150. The lowest BCUT2D eigenvalue weighted by Crippen LogP contribution is -2.57. The summed E-state index contributed by atoms with van der Waals surface area (Å²) < 4.78 is 0. The van der Waals surface area contributed by atoms with Gasteiger partial charge in [0, 0.05) is 12.1 Å². The molecule has 0 spiro atoms. The predicted molar refractivity (Wildman–Crippen MR) is 77.0 cm³/mol. The van der Waals surface area contributed by atoms with Crippen LogP contribution in [0.25, 0.3) is 11.0 Å². The van der Waals surface area contributed by atoms with Gasteiger partial charge in [0.1, 0.15) is 5.54 Å². The van der Waals surface area contributed by atoms with E-state index in [-0.39, 0.29) is 5.91 Å². The number of rotatable bonds is 2. The standard InChI is InChI=1S/C15H17N3O3/c1-15(14(20)21)6-2-3-7-18(15)13(19)10-4-5-11-12(8-10)17-9-16-11/h4-5,8-9H,2-3,6-7H2,1H3,(H,16,17)(H,20,21). The highest BCUT2D eigenvalue weighted by molar-refractivity contribution is 6.00. The average molecular weight is 287 g/mol. The first kappa shape index (κ1) is 13.6. The molecule has 1 atom stereocenters. The summed E-state index contributed by atoms with van der Waals surface area (Å²) in [6.07, 6.45) is 3.72. The third-order valence-electron chi connectivity index (χ3n) is 4.26. The van der Waals surface area contributed by atoms with E-state index in [1.807, 2.05) is 0 Å². The van der Waals surface area contributed by atoms with E-state index in [9.17, 15) is 14.7 Å². The third kappa shape index (κ3) is 2.16. The second kappa shape index (κ2) is 4.87. The Morgan fingerprint density at radius 3 is 2.95 bits per heavy atom. The number of aromatic amines is 1. The van der Waals surface area contributed by atoms with Crippen molar-refractivity contribution in [2.24, 2.45) is 0 Å². The van der Waals surface area contributed by atoms with Gasteiger partial charge in [-0.1, -0.05) is 0 Å². The van der Waals surface area contributed by atoms with E-state index in [1.54, 1.807) is 31.5 Å². The van der Waals surface area contributed by atoms with E-state index in [4.69, 9.17) is 0 Å². The summed E-state index contributed by atoms with van der Waals surface area (Å²) in [6.45, 7) is 2.10. The minimum absolute atomic E-state index is 0.240. The molecule has 6 nitrogen and oxygen atoms in total. The monoisotopic (exact) mass is 287 g/mol. The summed E-state index contributed by atoms with van der Waals surface area (Å²) in [5, 5.41) is 9.49. The number of amides is 1. The lowest BCUT2D eigenvalue weighted by atomic mass is 9.88. The van der Waals surface area contributed by atoms with Gasteiger partial charge in [-0.15, -0.1) is 0 Å². The van der Waals surface area contributed by atoms with Crippen molar-refractivity contribution in [3.05, 3.63) is 30.1 Å². The minimum atomic E-state index is -1.13. The first-order valence-corrected chi connectivity index (χ1v) is 7.01. The molecule has 110 valence electrons. The number of H-pyrrole nitrogens is 1. The van der Waals surface area contributed by atoms with Crippen LogP contribution >= 0.6 is 0 Å². The van der Waals surface area contributed by atoms with Crippen molar-refractivity contribution in [1.29, 1.82) is 0 Å². The van der Waals surface area contributed by atoms with Gasteiger partial charge in [-0.05, 0) is 44.4 Å². The molecule has 1 saturated heterocycles. The highest BCUT2D eigenvalue weighted by Gasteiger charge is 2.44. The Morgan fingerprint density at radius 2 is 2.19 bits per heavy atom. The van der Waals surface area contributed by atoms with Crippen molar-refractivity contribution in [1.82, 2.24) is 14.9 Å². The Bertz CT molecular complexity index is 709. The van der Waals surface area contributed by atoms with Crippen LogP contribution in [0.15, 0.2) is 24.5 Å². The van der Waals surface area contributed by atoms with Gasteiger partial charge >= 0.3 is 5.97 Å². The Balaban J connectivity index is 1.97. The molecule has 1 aromatic carbocycles. The molecule has 1 amide bonds. The fourth-order valence-corrected chi connectivity index (χ4v) is 2.89. The number of benzene rings is 1. The van der Waals surface area contributed by atoms with Crippen molar-refractivity contribution in [3.8, 4) is 0 Å². The van der Waals surface area contributed by atoms with E-state index in [0.29, 0.717) is 18.5 Å². The van der Waals surface area contributed by atoms with E-state index in [1.165, 1.54) is 4.90 Å². The third-order valence-corrected chi connectivity index (χ3v) is 4.26. The highest BCUT2D eigenvalue weighted by Crippen LogP contribution is 2.30. The number of aromatic nitrogens is 2. The van der Waals surface area contributed by atoms with E-state index in [2.05, 4.69) is 9.97 Å². The lowest BCUT2D eigenvalue weighted by Gasteiger charge is -2.41. The van der Waals surface area contributed by atoms with Crippen molar-refractivity contribution >= 4 is 22.9 Å². The molecule has 1 aromatic heterocycles. The quantitative estimate of drug-likeness (QED) is 0.885. The molecule has 0 bridgehead atoms. The zero-order valence-corrected chi connectivity index (χ0v) is 11.8. The van der Waals surface area contributed by atoms with Gasteiger partial charge in [0.2, 0.25) is 0 Å². The molecular formula is C15H17N3O3. The van der Waals surface area contributed by atoms with Gasteiger partial charge in [-0.25, -0.2) is 9.78 Å². The molecule has 0 saturated carbocycles. The second-order valence-corrected chi connectivity index (χ2v) is 5.63. The van der Waals surface area contributed by atoms with E-state index >= 15 is 0 Å². The van der Waals surface area contributed by atoms with Crippen molar-refractivity contribution < 1.29 is 14.7 Å². The number of likely N-dealkylation sites (tertiary alicyclic amines) is 1. The molecule has 0 radical (unpaired) electrons. The molecule has 1 aliphatic heterocycles. The van der Waals surface area contributed by atoms with Gasteiger partial charge < -0.3 is 15.0 Å². The van der Waals surface area contributed by atoms with Crippen LogP contribution in [-0.4, -0.2) is 43.9 Å². The Hall–Kier alpha value is -2.37. The summed E-state index contributed by atoms with van der Waals surface area (Å²) in [4.78, 5) is 32.9. The van der Waals surface area contributed by atoms with E-state index < -0.39 is 11.5 Å². The number of nitrogens with one attached hydrogen (secondary N) is 1. The van der Waals surface area contributed by atoms with Gasteiger partial charge in [0.05, 0.1) is 17.4 Å². The Kier molecular flexibility index (Phi) is 3.16. The summed E-state index contributed by atoms with van der Waals surface area (Å²) in [5.74, 6) is -1.19.